The van der Waals surface area contributed by atoms with E-state index in [1.807, 2.05) is 19.9 Å². The third kappa shape index (κ3) is 5.00. The van der Waals surface area contributed by atoms with E-state index < -0.39 is 0 Å². The van der Waals surface area contributed by atoms with E-state index in [0.717, 1.165) is 6.42 Å². The molecule has 4 aromatic rings. The highest BCUT2D eigenvalue weighted by Crippen LogP contribution is 2.18. The molecule has 0 atom stereocenters. The van der Waals surface area contributed by atoms with Crippen molar-refractivity contribution in [1.29, 1.82) is 0 Å². The molecule has 1 N–H and O–H groups in total. The zero-order valence-electron chi connectivity index (χ0n) is 20.6. The van der Waals surface area contributed by atoms with Gasteiger partial charge in [-0.1, -0.05) is 31.8 Å². The smallest absolute Gasteiger partial charge is 0.338 e. The number of aryl methyl sites for hydroxylation is 1. The molecule has 0 saturated carbocycles. The minimum atomic E-state index is -0.380. The normalized spacial score (nSPS) is 10.9. The Bertz CT molecular complexity index is 1580. The predicted octanol–water partition coefficient (Wildman–Crippen LogP) is 2.80. The molecular weight excluding hydrogens is 460 g/mol. The largest absolute Gasteiger partial charge is 0.462 e. The van der Waals surface area contributed by atoms with Crippen LogP contribution in [0.15, 0.2) is 46.2 Å². The summed E-state index contributed by atoms with van der Waals surface area (Å²) < 4.78 is 9.49. The van der Waals surface area contributed by atoms with E-state index in [1.165, 1.54) is 4.57 Å². The summed E-state index contributed by atoms with van der Waals surface area (Å²) in [6.45, 7) is 7.10. The topological polar surface area (TPSA) is 117 Å². The van der Waals surface area contributed by atoms with Gasteiger partial charge in [-0.05, 0) is 38.0 Å². The Labute approximate surface area is 207 Å². The molecule has 0 spiro atoms. The molecule has 0 saturated heterocycles. The summed E-state index contributed by atoms with van der Waals surface area (Å²) in [7, 11) is 0. The third-order valence-corrected chi connectivity index (χ3v) is 5.51. The molecule has 0 aliphatic heterocycles. The van der Waals surface area contributed by atoms with Crippen LogP contribution in [0.1, 0.15) is 49.5 Å². The maximum Gasteiger partial charge on any atom is 0.338 e. The van der Waals surface area contributed by atoms with Crippen molar-refractivity contribution >= 4 is 17.1 Å². The van der Waals surface area contributed by atoms with Gasteiger partial charge in [0.2, 0.25) is 0 Å². The van der Waals surface area contributed by atoms with Crippen LogP contribution in [0.5, 0.6) is 0 Å². The van der Waals surface area contributed by atoms with Crippen molar-refractivity contribution < 1.29 is 9.53 Å². The van der Waals surface area contributed by atoms with Crippen molar-refractivity contribution in [2.24, 2.45) is 0 Å². The van der Waals surface area contributed by atoms with Gasteiger partial charge in [-0.3, -0.25) is 18.6 Å². The highest BCUT2D eigenvalue weighted by atomic mass is 16.5. The lowest BCUT2D eigenvalue weighted by atomic mass is 10.1. The lowest BCUT2D eigenvalue weighted by molar-refractivity contribution is 0.0526. The van der Waals surface area contributed by atoms with E-state index in [9.17, 15) is 14.4 Å². The minimum Gasteiger partial charge on any atom is -0.462 e. The number of carbonyl (C=O) groups is 1. The SMILES string of the molecule is CCCn1c(=O)c2[nH]c(-c3cnn(CC#Cc4cccc(C(=O)OCC)c4)c3)nc2n(CCC)c1=O. The van der Waals surface area contributed by atoms with Crippen molar-refractivity contribution in [2.75, 3.05) is 6.61 Å². The number of esters is 1. The quantitative estimate of drug-likeness (QED) is 0.301. The molecule has 0 unspecified atom stereocenters. The molecular formula is C26H28N6O4. The van der Waals surface area contributed by atoms with Gasteiger partial charge in [0, 0.05) is 24.8 Å². The highest BCUT2D eigenvalue weighted by Gasteiger charge is 2.18. The van der Waals surface area contributed by atoms with Crippen molar-refractivity contribution in [1.82, 2.24) is 28.9 Å². The van der Waals surface area contributed by atoms with Crippen molar-refractivity contribution in [2.45, 2.75) is 53.2 Å². The Balaban J connectivity index is 1.59. The van der Waals surface area contributed by atoms with Gasteiger partial charge in [-0.25, -0.2) is 14.6 Å². The van der Waals surface area contributed by atoms with Crippen LogP contribution in [0.4, 0.5) is 0 Å². The summed E-state index contributed by atoms with van der Waals surface area (Å²) in [5.74, 6) is 6.15. The molecule has 0 amide bonds. The van der Waals surface area contributed by atoms with Crippen LogP contribution < -0.4 is 11.2 Å². The number of imidazole rings is 1. The van der Waals surface area contributed by atoms with E-state index >= 15 is 0 Å². The van der Waals surface area contributed by atoms with E-state index in [4.69, 9.17) is 4.74 Å². The van der Waals surface area contributed by atoms with Gasteiger partial charge in [0.05, 0.1) is 23.9 Å². The third-order valence-electron chi connectivity index (χ3n) is 5.51. The molecule has 10 heteroatoms. The first-order chi connectivity index (χ1) is 17.5. The molecule has 0 fully saturated rings. The number of hydrogen-bond donors (Lipinski definition) is 1. The fourth-order valence-corrected chi connectivity index (χ4v) is 3.88. The Morgan fingerprint density at radius 1 is 1.11 bits per heavy atom. The van der Waals surface area contributed by atoms with Crippen LogP contribution in [0.3, 0.4) is 0 Å². The number of carbonyl (C=O) groups excluding carboxylic acids is 1. The highest BCUT2D eigenvalue weighted by molar-refractivity contribution is 5.89. The number of H-pyrrole nitrogens is 1. The van der Waals surface area contributed by atoms with E-state index in [0.29, 0.717) is 66.3 Å². The standard InChI is InChI=1S/C26H28N6O4/c1-4-12-31-23-21(24(33)32(13-5-2)26(31)35)28-22(29-23)20-16-27-30(17-20)14-8-10-18-9-7-11-19(15-18)25(34)36-6-3/h7,9,11,15-17H,4-6,12-14H2,1-3H3,(H,28,29). The summed E-state index contributed by atoms with van der Waals surface area (Å²) in [5, 5.41) is 4.34. The number of ether oxygens (including phenoxy) is 1. The lowest BCUT2D eigenvalue weighted by Gasteiger charge is -2.09. The lowest BCUT2D eigenvalue weighted by Crippen LogP contribution is -2.40. The molecule has 3 heterocycles. The van der Waals surface area contributed by atoms with Crippen LogP contribution in [0, 0.1) is 11.8 Å². The summed E-state index contributed by atoms with van der Waals surface area (Å²) in [6, 6.07) is 6.96. The monoisotopic (exact) mass is 488 g/mol. The number of benzene rings is 1. The summed E-state index contributed by atoms with van der Waals surface area (Å²) in [5.41, 5.74) is 1.77. The molecule has 0 radical (unpaired) electrons. The number of aromatic amines is 1. The van der Waals surface area contributed by atoms with Crippen molar-refractivity contribution in [3.8, 4) is 23.2 Å². The van der Waals surface area contributed by atoms with Crippen LogP contribution in [-0.2, 0) is 24.4 Å². The first kappa shape index (κ1) is 24.7. The Morgan fingerprint density at radius 2 is 1.89 bits per heavy atom. The zero-order chi connectivity index (χ0) is 25.7. The van der Waals surface area contributed by atoms with Gasteiger partial charge < -0.3 is 9.72 Å². The van der Waals surface area contributed by atoms with E-state index in [1.54, 1.807) is 46.8 Å². The van der Waals surface area contributed by atoms with Gasteiger partial charge >= 0.3 is 11.7 Å². The number of rotatable bonds is 8. The summed E-state index contributed by atoms with van der Waals surface area (Å²) in [4.78, 5) is 45.4. The van der Waals surface area contributed by atoms with Crippen LogP contribution >= 0.6 is 0 Å². The Morgan fingerprint density at radius 3 is 2.64 bits per heavy atom. The second kappa shape index (κ2) is 10.9. The zero-order valence-corrected chi connectivity index (χ0v) is 20.6. The Hall–Kier alpha value is -4.39. The van der Waals surface area contributed by atoms with Crippen LogP contribution in [-0.4, -0.2) is 41.5 Å². The van der Waals surface area contributed by atoms with Gasteiger partial charge in [0.1, 0.15) is 17.9 Å². The molecule has 4 rings (SSSR count). The fourth-order valence-electron chi connectivity index (χ4n) is 3.88. The average Bonchev–Trinajstić information content (AvgIpc) is 3.52. The maximum atomic E-state index is 12.9. The number of fused-ring (bicyclic) bond motifs is 1. The number of nitrogens with one attached hydrogen (secondary N) is 1. The number of nitrogens with zero attached hydrogens (tertiary/aromatic N) is 5. The first-order valence-electron chi connectivity index (χ1n) is 12.0. The van der Waals surface area contributed by atoms with Gasteiger partial charge in [-0.2, -0.15) is 5.10 Å². The van der Waals surface area contributed by atoms with Crippen LogP contribution in [0.2, 0.25) is 0 Å². The molecule has 186 valence electrons. The maximum absolute atomic E-state index is 12.9. The molecule has 3 aromatic heterocycles. The molecule has 1 aromatic carbocycles. The summed E-state index contributed by atoms with van der Waals surface area (Å²) >= 11 is 0. The minimum absolute atomic E-state index is 0.306. The first-order valence-corrected chi connectivity index (χ1v) is 12.0. The predicted molar refractivity (Wildman–Crippen MR) is 136 cm³/mol. The van der Waals surface area contributed by atoms with Gasteiger partial charge in [-0.15, -0.1) is 0 Å². The second-order valence-corrected chi connectivity index (χ2v) is 8.20. The van der Waals surface area contributed by atoms with Gasteiger partial charge in [0.15, 0.2) is 5.65 Å². The average molecular weight is 489 g/mol. The Kier molecular flexibility index (Phi) is 7.49. The molecule has 36 heavy (non-hydrogen) atoms. The number of aromatic nitrogens is 6. The van der Waals surface area contributed by atoms with E-state index in [-0.39, 0.29) is 17.2 Å². The molecule has 0 bridgehead atoms. The fraction of sp³-hybridized carbons (Fsp3) is 0.346. The van der Waals surface area contributed by atoms with Crippen molar-refractivity contribution in [3.63, 3.8) is 0 Å². The van der Waals surface area contributed by atoms with Crippen molar-refractivity contribution in [3.05, 3.63) is 68.6 Å². The van der Waals surface area contributed by atoms with E-state index in [2.05, 4.69) is 26.9 Å². The molecule has 0 aliphatic carbocycles. The molecule has 0 aliphatic rings. The van der Waals surface area contributed by atoms with Gasteiger partial charge in [0.25, 0.3) is 5.56 Å². The second-order valence-electron chi connectivity index (χ2n) is 8.20. The van der Waals surface area contributed by atoms with Crippen LogP contribution in [0.25, 0.3) is 22.6 Å². The molecule has 10 nitrogen and oxygen atoms in total. The number of hydrogen-bond acceptors (Lipinski definition) is 6. The summed E-state index contributed by atoms with van der Waals surface area (Å²) in [6.07, 6.45) is 4.82.